The van der Waals surface area contributed by atoms with Gasteiger partial charge in [0.05, 0.1) is 5.56 Å². The lowest BCUT2D eigenvalue weighted by Crippen LogP contribution is -2.46. The number of amides is 2. The predicted octanol–water partition coefficient (Wildman–Crippen LogP) is -0.479. The Morgan fingerprint density at radius 2 is 2.00 bits per heavy atom. The zero-order valence-electron chi connectivity index (χ0n) is 12.7. The van der Waals surface area contributed by atoms with Crippen molar-refractivity contribution in [2.24, 2.45) is 0 Å². The highest BCUT2D eigenvalue weighted by molar-refractivity contribution is 5.93. The number of rotatable bonds is 7. The maximum atomic E-state index is 11.9. The van der Waals surface area contributed by atoms with Crippen LogP contribution in [0.15, 0.2) is 12.4 Å². The molecule has 0 atom stereocenters. The van der Waals surface area contributed by atoms with Gasteiger partial charge in [0.25, 0.3) is 5.91 Å². The van der Waals surface area contributed by atoms with Crippen LogP contribution in [0.1, 0.15) is 16.8 Å². The van der Waals surface area contributed by atoms with Crippen LogP contribution in [-0.2, 0) is 9.53 Å². The second kappa shape index (κ2) is 8.28. The van der Waals surface area contributed by atoms with Crippen molar-refractivity contribution in [3.05, 3.63) is 18.0 Å². The maximum absolute atomic E-state index is 11.9. The molecule has 0 unspecified atom stereocenters. The van der Waals surface area contributed by atoms with E-state index in [4.69, 9.17) is 4.74 Å². The first-order chi connectivity index (χ1) is 10.7. The first-order valence-corrected chi connectivity index (χ1v) is 7.28. The average molecular weight is 307 g/mol. The Kier molecular flexibility index (Phi) is 6.08. The summed E-state index contributed by atoms with van der Waals surface area (Å²) >= 11 is 0. The molecule has 2 rings (SSSR count). The molecule has 0 aromatic carbocycles. The Bertz CT molecular complexity index is 486. The van der Waals surface area contributed by atoms with Gasteiger partial charge in [-0.2, -0.15) is 0 Å². The van der Waals surface area contributed by atoms with E-state index in [0.29, 0.717) is 50.8 Å². The lowest BCUT2D eigenvalue weighted by Gasteiger charge is -2.32. The third kappa shape index (κ3) is 4.39. The number of ether oxygens (including phenoxy) is 1. The molecule has 1 N–H and O–H groups in total. The highest BCUT2D eigenvalue weighted by atomic mass is 16.5. The van der Waals surface area contributed by atoms with Gasteiger partial charge in [-0.1, -0.05) is 0 Å². The lowest BCUT2D eigenvalue weighted by atomic mass is 10.3. The van der Waals surface area contributed by atoms with Gasteiger partial charge < -0.3 is 19.9 Å². The molecule has 120 valence electrons. The van der Waals surface area contributed by atoms with E-state index in [1.807, 2.05) is 4.90 Å². The highest BCUT2D eigenvalue weighted by Crippen LogP contribution is 2.10. The van der Waals surface area contributed by atoms with E-state index in [-0.39, 0.29) is 5.91 Å². The first kappa shape index (κ1) is 16.2. The normalized spacial score (nSPS) is 14.8. The van der Waals surface area contributed by atoms with Crippen molar-refractivity contribution in [1.82, 2.24) is 20.2 Å². The molecule has 2 amide bonds. The summed E-state index contributed by atoms with van der Waals surface area (Å²) in [5, 5.41) is 2.79. The summed E-state index contributed by atoms with van der Waals surface area (Å²) in [4.78, 5) is 34.8. The third-order valence-electron chi connectivity index (χ3n) is 3.46. The van der Waals surface area contributed by atoms with Crippen LogP contribution in [0.2, 0.25) is 0 Å². The van der Waals surface area contributed by atoms with Gasteiger partial charge in [-0.15, -0.1) is 0 Å². The zero-order chi connectivity index (χ0) is 15.8. The van der Waals surface area contributed by atoms with Crippen LogP contribution in [0.25, 0.3) is 0 Å². The maximum Gasteiger partial charge on any atom is 0.254 e. The molecule has 8 heteroatoms. The van der Waals surface area contributed by atoms with E-state index in [2.05, 4.69) is 15.3 Å². The summed E-state index contributed by atoms with van der Waals surface area (Å²) in [5.41, 5.74) is 0.438. The summed E-state index contributed by atoms with van der Waals surface area (Å²) in [6.07, 6.45) is 4.68. The Morgan fingerprint density at radius 3 is 2.59 bits per heavy atom. The second-order valence-electron chi connectivity index (χ2n) is 5.00. The molecule has 1 fully saturated rings. The molecule has 0 aliphatic carbocycles. The van der Waals surface area contributed by atoms with Crippen LogP contribution in [-0.4, -0.2) is 73.6 Å². The SMILES string of the molecule is COCCCNC(=O)c1cnc(N2CCN(C=O)CC2)nc1. The van der Waals surface area contributed by atoms with E-state index in [0.717, 1.165) is 12.8 Å². The smallest absolute Gasteiger partial charge is 0.254 e. The fourth-order valence-corrected chi connectivity index (χ4v) is 2.15. The van der Waals surface area contributed by atoms with Gasteiger partial charge in [0.15, 0.2) is 0 Å². The molecule has 0 saturated carbocycles. The van der Waals surface area contributed by atoms with Gasteiger partial charge in [0.2, 0.25) is 12.4 Å². The number of piperazine rings is 1. The van der Waals surface area contributed by atoms with Gasteiger partial charge in [-0.3, -0.25) is 9.59 Å². The monoisotopic (exact) mass is 307 g/mol. The average Bonchev–Trinajstić information content (AvgIpc) is 2.59. The van der Waals surface area contributed by atoms with E-state index < -0.39 is 0 Å². The Balaban J connectivity index is 1.85. The number of anilines is 1. The minimum absolute atomic E-state index is 0.187. The van der Waals surface area contributed by atoms with Gasteiger partial charge in [0.1, 0.15) is 0 Å². The molecule has 1 aromatic heterocycles. The molecule has 0 bridgehead atoms. The molecule has 8 nitrogen and oxygen atoms in total. The van der Waals surface area contributed by atoms with Crippen LogP contribution in [0.5, 0.6) is 0 Å². The van der Waals surface area contributed by atoms with E-state index in [9.17, 15) is 9.59 Å². The number of hydrogen-bond acceptors (Lipinski definition) is 6. The second-order valence-corrected chi connectivity index (χ2v) is 5.00. The van der Waals surface area contributed by atoms with Crippen LogP contribution in [0.3, 0.4) is 0 Å². The standard InChI is InChI=1S/C14H21N5O3/c1-22-8-2-3-15-13(21)12-9-16-14(17-10-12)19-6-4-18(11-20)5-7-19/h9-11H,2-8H2,1H3,(H,15,21). The first-order valence-electron chi connectivity index (χ1n) is 7.28. The Hall–Kier alpha value is -2.22. The number of aromatic nitrogens is 2. The van der Waals surface area contributed by atoms with Crippen molar-refractivity contribution in [2.75, 3.05) is 51.3 Å². The largest absolute Gasteiger partial charge is 0.385 e. The molecule has 0 radical (unpaired) electrons. The van der Waals surface area contributed by atoms with E-state index in [1.54, 1.807) is 12.0 Å². The number of hydrogen-bond donors (Lipinski definition) is 1. The Labute approximate surface area is 129 Å². The third-order valence-corrected chi connectivity index (χ3v) is 3.46. The quantitative estimate of drug-likeness (QED) is 0.541. The number of nitrogens with one attached hydrogen (secondary N) is 1. The lowest BCUT2D eigenvalue weighted by molar-refractivity contribution is -0.118. The van der Waals surface area contributed by atoms with E-state index >= 15 is 0 Å². The van der Waals surface area contributed by atoms with Crippen LogP contribution in [0, 0.1) is 0 Å². The zero-order valence-corrected chi connectivity index (χ0v) is 12.7. The Morgan fingerprint density at radius 1 is 1.32 bits per heavy atom. The molecular formula is C14H21N5O3. The van der Waals surface area contributed by atoms with Crippen molar-refractivity contribution < 1.29 is 14.3 Å². The fourth-order valence-electron chi connectivity index (χ4n) is 2.15. The number of carbonyl (C=O) groups excluding carboxylic acids is 2. The number of carbonyl (C=O) groups is 2. The van der Waals surface area contributed by atoms with Gasteiger partial charge in [-0.25, -0.2) is 9.97 Å². The van der Waals surface area contributed by atoms with Gasteiger partial charge in [0, 0.05) is 58.8 Å². The van der Waals surface area contributed by atoms with Crippen LogP contribution >= 0.6 is 0 Å². The highest BCUT2D eigenvalue weighted by Gasteiger charge is 2.18. The molecule has 1 aliphatic heterocycles. The minimum Gasteiger partial charge on any atom is -0.385 e. The number of methoxy groups -OCH3 is 1. The van der Waals surface area contributed by atoms with Crippen molar-refractivity contribution in [3.63, 3.8) is 0 Å². The molecule has 1 aliphatic rings. The fraction of sp³-hybridized carbons (Fsp3) is 0.571. The number of nitrogens with zero attached hydrogens (tertiary/aromatic N) is 4. The molecular weight excluding hydrogens is 286 g/mol. The summed E-state index contributed by atoms with van der Waals surface area (Å²) in [7, 11) is 1.63. The predicted molar refractivity (Wildman–Crippen MR) is 80.7 cm³/mol. The molecule has 1 saturated heterocycles. The summed E-state index contributed by atoms with van der Waals surface area (Å²) in [5.74, 6) is 0.398. The molecule has 1 aromatic rings. The van der Waals surface area contributed by atoms with Crippen molar-refractivity contribution in [3.8, 4) is 0 Å². The molecule has 2 heterocycles. The van der Waals surface area contributed by atoms with Crippen LogP contribution < -0.4 is 10.2 Å². The van der Waals surface area contributed by atoms with Crippen molar-refractivity contribution in [2.45, 2.75) is 6.42 Å². The minimum atomic E-state index is -0.187. The van der Waals surface area contributed by atoms with Gasteiger partial charge >= 0.3 is 0 Å². The van der Waals surface area contributed by atoms with Crippen LogP contribution in [0.4, 0.5) is 5.95 Å². The molecule has 0 spiro atoms. The van der Waals surface area contributed by atoms with Crippen molar-refractivity contribution in [1.29, 1.82) is 0 Å². The topological polar surface area (TPSA) is 87.7 Å². The molecule has 22 heavy (non-hydrogen) atoms. The van der Waals surface area contributed by atoms with Crippen molar-refractivity contribution >= 4 is 18.3 Å². The van der Waals surface area contributed by atoms with E-state index in [1.165, 1.54) is 12.4 Å². The van der Waals surface area contributed by atoms with Gasteiger partial charge in [-0.05, 0) is 6.42 Å². The summed E-state index contributed by atoms with van der Waals surface area (Å²) < 4.78 is 4.92. The summed E-state index contributed by atoms with van der Waals surface area (Å²) in [6.45, 7) is 3.89. The summed E-state index contributed by atoms with van der Waals surface area (Å²) in [6, 6.07) is 0.